The van der Waals surface area contributed by atoms with Gasteiger partial charge in [0, 0.05) is 25.2 Å². The molecule has 1 N–H and O–H groups in total. The van der Waals surface area contributed by atoms with Crippen molar-refractivity contribution in [1.82, 2.24) is 0 Å². The zero-order chi connectivity index (χ0) is 16.8. The van der Waals surface area contributed by atoms with E-state index in [1.165, 1.54) is 0 Å². The minimum absolute atomic E-state index is 0.0149. The van der Waals surface area contributed by atoms with Crippen molar-refractivity contribution in [3.63, 3.8) is 0 Å². The molecule has 3 fully saturated rings. The summed E-state index contributed by atoms with van der Waals surface area (Å²) in [4.78, 5) is 14.6. The summed E-state index contributed by atoms with van der Waals surface area (Å²) >= 11 is 0. The second-order valence-corrected chi connectivity index (χ2v) is 6.42. The van der Waals surface area contributed by atoms with Crippen LogP contribution >= 0.6 is 0 Å². The van der Waals surface area contributed by atoms with Crippen molar-refractivity contribution in [2.24, 2.45) is 0 Å². The van der Waals surface area contributed by atoms with Gasteiger partial charge in [-0.25, -0.2) is 13.6 Å². The summed E-state index contributed by atoms with van der Waals surface area (Å²) in [7, 11) is 0. The number of cyclic esters (lactones) is 1. The molecule has 1 aromatic carbocycles. The third kappa shape index (κ3) is 2.59. The number of halogens is 2. The van der Waals surface area contributed by atoms with Gasteiger partial charge in [0.05, 0.1) is 31.0 Å². The van der Waals surface area contributed by atoms with E-state index in [4.69, 9.17) is 14.6 Å². The van der Waals surface area contributed by atoms with Gasteiger partial charge in [-0.05, 0) is 12.8 Å². The number of rotatable bonds is 3. The van der Waals surface area contributed by atoms with Crippen molar-refractivity contribution >= 4 is 17.5 Å². The summed E-state index contributed by atoms with van der Waals surface area (Å²) in [6.07, 6.45) is 0.445. The zero-order valence-electron chi connectivity index (χ0n) is 13.0. The molecule has 3 saturated heterocycles. The highest BCUT2D eigenvalue weighted by Crippen LogP contribution is 2.35. The average molecular weight is 340 g/mol. The van der Waals surface area contributed by atoms with E-state index in [0.717, 1.165) is 29.9 Å². The highest BCUT2D eigenvalue weighted by molar-refractivity contribution is 5.90. The van der Waals surface area contributed by atoms with Crippen LogP contribution in [0.15, 0.2) is 12.1 Å². The molecule has 8 heteroatoms. The van der Waals surface area contributed by atoms with E-state index in [-0.39, 0.29) is 36.7 Å². The van der Waals surface area contributed by atoms with Gasteiger partial charge in [0.2, 0.25) is 0 Å². The quantitative estimate of drug-likeness (QED) is 0.907. The number of benzene rings is 1. The Morgan fingerprint density at radius 2 is 1.75 bits per heavy atom. The Labute approximate surface area is 137 Å². The molecule has 4 rings (SSSR count). The van der Waals surface area contributed by atoms with Crippen LogP contribution in [0.3, 0.4) is 0 Å². The molecule has 0 aliphatic carbocycles. The lowest BCUT2D eigenvalue weighted by molar-refractivity contribution is 0.0300. The van der Waals surface area contributed by atoms with E-state index in [1.54, 1.807) is 4.90 Å². The SMILES string of the molecule is O=C1O[C@@H](CO)CN1c1cc(F)c(N2CC3CC[C@H](C2)O3)c(F)c1. The molecule has 0 saturated carbocycles. The third-order valence-electron chi connectivity index (χ3n) is 4.75. The largest absolute Gasteiger partial charge is 0.441 e. The molecule has 1 unspecified atom stereocenters. The van der Waals surface area contributed by atoms with Gasteiger partial charge in [-0.3, -0.25) is 4.90 Å². The Hall–Kier alpha value is -1.93. The van der Waals surface area contributed by atoms with Crippen molar-refractivity contribution in [2.75, 3.05) is 36.0 Å². The van der Waals surface area contributed by atoms with Crippen molar-refractivity contribution in [3.8, 4) is 0 Å². The average Bonchev–Trinajstić information content (AvgIpc) is 3.08. The summed E-state index contributed by atoms with van der Waals surface area (Å²) in [5.41, 5.74) is 0.0103. The topological polar surface area (TPSA) is 62.2 Å². The molecule has 3 aliphatic heterocycles. The summed E-state index contributed by atoms with van der Waals surface area (Å²) < 4.78 is 39.8. The molecular weight excluding hydrogens is 322 g/mol. The first kappa shape index (κ1) is 15.6. The Kier molecular flexibility index (Phi) is 3.80. The lowest BCUT2D eigenvalue weighted by Crippen LogP contribution is -2.43. The number of fused-ring (bicyclic) bond motifs is 2. The summed E-state index contributed by atoms with van der Waals surface area (Å²) in [6, 6.07) is 2.27. The number of anilines is 2. The molecule has 0 radical (unpaired) electrons. The lowest BCUT2D eigenvalue weighted by atomic mass is 10.2. The zero-order valence-corrected chi connectivity index (χ0v) is 13.0. The van der Waals surface area contributed by atoms with Gasteiger partial charge in [-0.15, -0.1) is 0 Å². The van der Waals surface area contributed by atoms with Crippen LogP contribution in [0, 0.1) is 11.6 Å². The maximum atomic E-state index is 14.6. The fourth-order valence-corrected chi connectivity index (χ4v) is 3.63. The number of morpholine rings is 1. The van der Waals surface area contributed by atoms with Crippen LogP contribution in [0.5, 0.6) is 0 Å². The summed E-state index contributed by atoms with van der Waals surface area (Å²) in [5, 5.41) is 9.06. The maximum absolute atomic E-state index is 14.6. The number of aliphatic hydroxyl groups excluding tert-OH is 1. The highest BCUT2D eigenvalue weighted by Gasteiger charge is 2.37. The van der Waals surface area contributed by atoms with E-state index in [1.807, 2.05) is 0 Å². The monoisotopic (exact) mass is 340 g/mol. The van der Waals surface area contributed by atoms with Crippen LogP contribution in [0.25, 0.3) is 0 Å². The summed E-state index contributed by atoms with van der Waals surface area (Å²) in [6.45, 7) is 0.654. The molecule has 0 aromatic heterocycles. The molecule has 6 nitrogen and oxygen atoms in total. The van der Waals surface area contributed by atoms with Gasteiger partial charge in [0.1, 0.15) is 11.8 Å². The second-order valence-electron chi connectivity index (χ2n) is 6.42. The first-order valence-electron chi connectivity index (χ1n) is 8.03. The normalized spacial score (nSPS) is 29.3. The van der Waals surface area contributed by atoms with Crippen LogP contribution in [-0.2, 0) is 9.47 Å². The number of hydrogen-bond donors (Lipinski definition) is 1. The van der Waals surface area contributed by atoms with Gasteiger partial charge in [0.25, 0.3) is 0 Å². The molecule has 130 valence electrons. The van der Waals surface area contributed by atoms with E-state index in [2.05, 4.69) is 0 Å². The van der Waals surface area contributed by atoms with Gasteiger partial charge in [-0.1, -0.05) is 0 Å². The predicted octanol–water partition coefficient (Wildman–Crippen LogP) is 1.65. The highest BCUT2D eigenvalue weighted by atomic mass is 19.1. The van der Waals surface area contributed by atoms with Crippen molar-refractivity contribution < 1.29 is 28.2 Å². The molecule has 3 atom stereocenters. The number of ether oxygens (including phenoxy) is 2. The Morgan fingerprint density at radius 3 is 2.29 bits per heavy atom. The third-order valence-corrected chi connectivity index (χ3v) is 4.75. The van der Waals surface area contributed by atoms with E-state index < -0.39 is 23.8 Å². The predicted molar refractivity (Wildman–Crippen MR) is 81.2 cm³/mol. The van der Waals surface area contributed by atoms with E-state index in [0.29, 0.717) is 13.1 Å². The van der Waals surface area contributed by atoms with E-state index in [9.17, 15) is 13.6 Å². The fraction of sp³-hybridized carbons (Fsp3) is 0.562. The number of hydrogen-bond acceptors (Lipinski definition) is 5. The lowest BCUT2D eigenvalue weighted by Gasteiger charge is -2.34. The fourth-order valence-electron chi connectivity index (χ4n) is 3.63. The molecule has 2 bridgehead atoms. The van der Waals surface area contributed by atoms with Crippen molar-refractivity contribution in [1.29, 1.82) is 0 Å². The van der Waals surface area contributed by atoms with Crippen molar-refractivity contribution in [2.45, 2.75) is 31.2 Å². The molecule has 3 heterocycles. The summed E-state index contributed by atoms with van der Waals surface area (Å²) in [5.74, 6) is -1.43. The molecule has 0 spiro atoms. The number of amides is 1. The smallest absolute Gasteiger partial charge is 0.414 e. The van der Waals surface area contributed by atoms with E-state index >= 15 is 0 Å². The number of aliphatic hydroxyl groups is 1. The van der Waals surface area contributed by atoms with Gasteiger partial charge in [-0.2, -0.15) is 0 Å². The van der Waals surface area contributed by atoms with Crippen LogP contribution < -0.4 is 9.80 Å². The standard InChI is InChI=1S/C16H18F2N2O4/c17-13-3-9(20-7-12(8-21)24-16(20)22)4-14(18)15(13)19-5-10-1-2-11(6-19)23-10/h3-4,10-12,21H,1-2,5-8H2/t10-,11?,12-/m1/s1. The number of carbonyl (C=O) groups excluding carboxylic acids is 1. The number of nitrogens with zero attached hydrogens (tertiary/aromatic N) is 2. The van der Waals surface area contributed by atoms with Crippen LogP contribution in [0.1, 0.15) is 12.8 Å². The van der Waals surface area contributed by atoms with Gasteiger partial charge in [0.15, 0.2) is 11.6 Å². The Bertz CT molecular complexity index is 636. The maximum Gasteiger partial charge on any atom is 0.414 e. The van der Waals surface area contributed by atoms with Gasteiger partial charge < -0.3 is 19.5 Å². The molecule has 1 amide bonds. The van der Waals surface area contributed by atoms with Gasteiger partial charge >= 0.3 is 6.09 Å². The minimum Gasteiger partial charge on any atom is -0.441 e. The van der Waals surface area contributed by atoms with Crippen LogP contribution in [0.2, 0.25) is 0 Å². The molecule has 3 aliphatic rings. The minimum atomic E-state index is -0.718. The van der Waals surface area contributed by atoms with Crippen molar-refractivity contribution in [3.05, 3.63) is 23.8 Å². The Balaban J connectivity index is 1.61. The molecule has 24 heavy (non-hydrogen) atoms. The first-order chi connectivity index (χ1) is 11.5. The second kappa shape index (κ2) is 5.86. The molecule has 1 aromatic rings. The number of carbonyl (C=O) groups is 1. The Morgan fingerprint density at radius 1 is 1.12 bits per heavy atom. The first-order valence-corrected chi connectivity index (χ1v) is 8.03. The molecular formula is C16H18F2N2O4. The van der Waals surface area contributed by atoms with Crippen LogP contribution in [0.4, 0.5) is 25.0 Å². The van der Waals surface area contributed by atoms with Crippen LogP contribution in [-0.4, -0.2) is 55.8 Å².